The Kier molecular flexibility index (Phi) is 5.98. The Labute approximate surface area is 97.5 Å². The summed E-state index contributed by atoms with van der Waals surface area (Å²) in [4.78, 5) is 22.1. The van der Waals surface area contributed by atoms with E-state index in [1.165, 1.54) is 6.92 Å². The largest absolute Gasteiger partial charge is 0.471 e. The topological polar surface area (TPSA) is 55.4 Å². The van der Waals surface area contributed by atoms with Crippen molar-refractivity contribution in [2.75, 3.05) is 0 Å². The van der Waals surface area contributed by atoms with E-state index in [9.17, 15) is 22.8 Å². The van der Waals surface area contributed by atoms with Crippen molar-refractivity contribution in [2.45, 2.75) is 51.9 Å². The zero-order valence-electron chi connectivity index (χ0n) is 9.93. The van der Waals surface area contributed by atoms with Gasteiger partial charge in [0.2, 0.25) is 0 Å². The maximum Gasteiger partial charge on any atom is 0.471 e. The highest BCUT2D eigenvalue weighted by molar-refractivity contribution is 5.87. The molecule has 0 rings (SSSR count). The molecular weight excluding hydrogens is 239 g/mol. The molecule has 0 aromatic rings. The standard InChI is InChI=1S/C10H16F3NO3/c1-4-6(3)17-8(15)7(5-2)14-9(16)10(11,12)13/h6-7H,4-5H2,1-3H3,(H,14,16). The number of rotatable bonds is 5. The predicted molar refractivity (Wildman–Crippen MR) is 54.1 cm³/mol. The number of carbonyl (C=O) groups excluding carboxylic acids is 2. The molecule has 17 heavy (non-hydrogen) atoms. The van der Waals surface area contributed by atoms with E-state index in [0.29, 0.717) is 6.42 Å². The van der Waals surface area contributed by atoms with Crippen molar-refractivity contribution in [1.29, 1.82) is 0 Å². The molecule has 4 nitrogen and oxygen atoms in total. The Morgan fingerprint density at radius 2 is 1.76 bits per heavy atom. The second kappa shape index (κ2) is 6.46. The van der Waals surface area contributed by atoms with Gasteiger partial charge in [0.25, 0.3) is 0 Å². The Balaban J connectivity index is 4.43. The number of nitrogens with one attached hydrogen (secondary N) is 1. The van der Waals surface area contributed by atoms with Crippen molar-refractivity contribution in [3.63, 3.8) is 0 Å². The van der Waals surface area contributed by atoms with Gasteiger partial charge < -0.3 is 10.1 Å². The van der Waals surface area contributed by atoms with Crippen LogP contribution in [0.2, 0.25) is 0 Å². The lowest BCUT2D eigenvalue weighted by Crippen LogP contribution is -2.47. The number of alkyl halides is 3. The number of halogens is 3. The van der Waals surface area contributed by atoms with Gasteiger partial charge in [-0.2, -0.15) is 13.2 Å². The smallest absolute Gasteiger partial charge is 0.461 e. The molecule has 0 saturated heterocycles. The van der Waals surface area contributed by atoms with E-state index in [2.05, 4.69) is 0 Å². The van der Waals surface area contributed by atoms with Crippen LogP contribution in [0.15, 0.2) is 0 Å². The average molecular weight is 255 g/mol. The molecular formula is C10H16F3NO3. The van der Waals surface area contributed by atoms with Gasteiger partial charge in [-0.25, -0.2) is 4.79 Å². The molecule has 0 bridgehead atoms. The molecule has 0 aromatic carbocycles. The van der Waals surface area contributed by atoms with E-state index >= 15 is 0 Å². The molecule has 2 unspecified atom stereocenters. The fraction of sp³-hybridized carbons (Fsp3) is 0.800. The maximum absolute atomic E-state index is 12.0. The highest BCUT2D eigenvalue weighted by Crippen LogP contribution is 2.15. The molecule has 0 heterocycles. The zero-order chi connectivity index (χ0) is 13.6. The van der Waals surface area contributed by atoms with Gasteiger partial charge in [0.15, 0.2) is 0 Å². The first kappa shape index (κ1) is 15.7. The summed E-state index contributed by atoms with van der Waals surface area (Å²) in [6.45, 7) is 4.88. The van der Waals surface area contributed by atoms with Crippen molar-refractivity contribution >= 4 is 11.9 Å². The van der Waals surface area contributed by atoms with Crippen LogP contribution in [-0.2, 0) is 14.3 Å². The second-order valence-electron chi connectivity index (χ2n) is 3.59. The summed E-state index contributed by atoms with van der Waals surface area (Å²) in [6.07, 6.45) is -4.80. The molecule has 0 aliphatic carbocycles. The van der Waals surface area contributed by atoms with E-state index < -0.39 is 24.1 Å². The lowest BCUT2D eigenvalue weighted by molar-refractivity contribution is -0.176. The van der Waals surface area contributed by atoms with Crippen LogP contribution in [0, 0.1) is 0 Å². The van der Waals surface area contributed by atoms with Crippen molar-refractivity contribution in [3.8, 4) is 0 Å². The predicted octanol–water partition coefficient (Wildman–Crippen LogP) is 1.79. The summed E-state index contributed by atoms with van der Waals surface area (Å²) in [7, 11) is 0. The second-order valence-corrected chi connectivity index (χ2v) is 3.59. The molecule has 100 valence electrons. The van der Waals surface area contributed by atoms with Crippen LogP contribution in [0.3, 0.4) is 0 Å². The van der Waals surface area contributed by atoms with Gasteiger partial charge in [-0.15, -0.1) is 0 Å². The van der Waals surface area contributed by atoms with Gasteiger partial charge in [-0.1, -0.05) is 13.8 Å². The SMILES string of the molecule is CCC(C)OC(=O)C(CC)NC(=O)C(F)(F)F. The Hall–Kier alpha value is -1.27. The Morgan fingerprint density at radius 3 is 2.12 bits per heavy atom. The first-order valence-corrected chi connectivity index (χ1v) is 5.30. The van der Waals surface area contributed by atoms with Gasteiger partial charge in [0, 0.05) is 0 Å². The number of amides is 1. The van der Waals surface area contributed by atoms with E-state index in [4.69, 9.17) is 4.74 Å². The summed E-state index contributed by atoms with van der Waals surface area (Å²) in [5.74, 6) is -2.98. The zero-order valence-corrected chi connectivity index (χ0v) is 9.93. The highest BCUT2D eigenvalue weighted by Gasteiger charge is 2.40. The van der Waals surface area contributed by atoms with Crippen molar-refractivity contribution in [2.24, 2.45) is 0 Å². The van der Waals surface area contributed by atoms with Crippen LogP contribution in [0.4, 0.5) is 13.2 Å². The van der Waals surface area contributed by atoms with Crippen LogP contribution in [0.5, 0.6) is 0 Å². The molecule has 2 atom stereocenters. The third-order valence-electron chi connectivity index (χ3n) is 2.15. The number of carbonyl (C=O) groups is 2. The van der Waals surface area contributed by atoms with Crippen LogP contribution >= 0.6 is 0 Å². The lowest BCUT2D eigenvalue weighted by atomic mass is 10.2. The fourth-order valence-electron chi connectivity index (χ4n) is 0.931. The molecule has 0 saturated carbocycles. The summed E-state index contributed by atoms with van der Waals surface area (Å²) in [5, 5.41) is 1.60. The van der Waals surface area contributed by atoms with Crippen molar-refractivity contribution < 1.29 is 27.5 Å². The minimum Gasteiger partial charge on any atom is -0.461 e. The highest BCUT2D eigenvalue weighted by atomic mass is 19.4. The summed E-state index contributed by atoms with van der Waals surface area (Å²) in [5.41, 5.74) is 0. The van der Waals surface area contributed by atoms with Gasteiger partial charge in [-0.05, 0) is 19.8 Å². The van der Waals surface area contributed by atoms with E-state index in [-0.39, 0.29) is 12.5 Å². The monoisotopic (exact) mass is 255 g/mol. The molecule has 1 amide bonds. The summed E-state index contributed by atoms with van der Waals surface area (Å²) < 4.78 is 40.8. The molecule has 0 fully saturated rings. The van der Waals surface area contributed by atoms with Gasteiger partial charge in [0.1, 0.15) is 6.04 Å². The Morgan fingerprint density at radius 1 is 1.24 bits per heavy atom. The Bertz CT molecular complexity index is 278. The fourth-order valence-corrected chi connectivity index (χ4v) is 0.931. The molecule has 7 heteroatoms. The average Bonchev–Trinajstić information content (AvgIpc) is 2.23. The number of ether oxygens (including phenoxy) is 1. The first-order valence-electron chi connectivity index (χ1n) is 5.30. The molecule has 0 aliphatic heterocycles. The van der Waals surface area contributed by atoms with Crippen LogP contribution in [-0.4, -0.2) is 30.2 Å². The molecule has 0 aliphatic rings. The minimum atomic E-state index is -5.00. The van der Waals surface area contributed by atoms with Gasteiger partial charge in [0.05, 0.1) is 6.10 Å². The molecule has 0 spiro atoms. The third-order valence-corrected chi connectivity index (χ3v) is 2.15. The van der Waals surface area contributed by atoms with E-state index in [0.717, 1.165) is 0 Å². The lowest BCUT2D eigenvalue weighted by Gasteiger charge is -2.19. The normalized spacial score (nSPS) is 14.9. The third kappa shape index (κ3) is 5.55. The number of hydrogen-bond acceptors (Lipinski definition) is 3. The van der Waals surface area contributed by atoms with Crippen LogP contribution in [0.1, 0.15) is 33.6 Å². The maximum atomic E-state index is 12.0. The summed E-state index contributed by atoms with van der Waals surface area (Å²) in [6, 6.07) is -1.27. The van der Waals surface area contributed by atoms with Crippen molar-refractivity contribution in [1.82, 2.24) is 5.32 Å². The van der Waals surface area contributed by atoms with Crippen LogP contribution < -0.4 is 5.32 Å². The number of esters is 1. The quantitative estimate of drug-likeness (QED) is 0.762. The number of hydrogen-bond donors (Lipinski definition) is 1. The van der Waals surface area contributed by atoms with E-state index in [1.54, 1.807) is 19.2 Å². The minimum absolute atomic E-state index is 0.0388. The summed E-state index contributed by atoms with van der Waals surface area (Å²) >= 11 is 0. The molecule has 0 aromatic heterocycles. The van der Waals surface area contributed by atoms with Gasteiger partial charge in [-0.3, -0.25) is 4.79 Å². The van der Waals surface area contributed by atoms with Crippen molar-refractivity contribution in [3.05, 3.63) is 0 Å². The molecule has 1 N–H and O–H groups in total. The van der Waals surface area contributed by atoms with E-state index in [1.807, 2.05) is 0 Å². The van der Waals surface area contributed by atoms with Crippen LogP contribution in [0.25, 0.3) is 0 Å². The van der Waals surface area contributed by atoms with Gasteiger partial charge >= 0.3 is 18.1 Å². The molecule has 0 radical (unpaired) electrons. The first-order chi connectivity index (χ1) is 7.72.